The molecule has 0 saturated heterocycles. The van der Waals surface area contributed by atoms with Gasteiger partial charge in [0.25, 0.3) is 0 Å². The first-order chi connectivity index (χ1) is 14.2. The smallest absolute Gasteiger partial charge is 0.144 e. The molecule has 0 spiro atoms. The van der Waals surface area contributed by atoms with Crippen LogP contribution in [0.3, 0.4) is 0 Å². The second-order valence-corrected chi connectivity index (χ2v) is 13.1. The van der Waals surface area contributed by atoms with Gasteiger partial charge in [-0.2, -0.15) is 0 Å². The van der Waals surface area contributed by atoms with Crippen LogP contribution in [-0.4, -0.2) is 16.4 Å². The van der Waals surface area contributed by atoms with E-state index in [-0.39, 0.29) is 33.2 Å². The molecule has 32 heavy (non-hydrogen) atoms. The van der Waals surface area contributed by atoms with Gasteiger partial charge in [-0.15, -0.1) is 0 Å². The zero-order valence-corrected chi connectivity index (χ0v) is 22.2. The average molecular weight is 438 g/mol. The summed E-state index contributed by atoms with van der Waals surface area (Å²) in [5.41, 5.74) is 4.66. The minimum Gasteiger partial charge on any atom is -0.507 e. The molecule has 2 N–H and O–H groups in total. The Kier molecular flexibility index (Phi) is 6.69. The normalized spacial score (nSPS) is 13.8. The molecule has 0 aliphatic rings. The minimum absolute atomic E-state index is 0.0655. The van der Waals surface area contributed by atoms with E-state index in [4.69, 9.17) is 4.99 Å². The molecular weight excluding hydrogens is 394 g/mol. The lowest BCUT2D eigenvalue weighted by Gasteiger charge is -2.27. The Morgan fingerprint density at radius 2 is 0.969 bits per heavy atom. The Balaban J connectivity index is 2.75. The number of hydrogen-bond donors (Lipinski definition) is 2. The number of rotatable bonds is 2. The molecule has 0 aromatic heterocycles. The van der Waals surface area contributed by atoms with Gasteiger partial charge in [0, 0.05) is 22.9 Å². The fraction of sp³-hybridized carbons (Fsp3) is 0.552. The summed E-state index contributed by atoms with van der Waals surface area (Å²) in [6.45, 7) is 25.6. The molecule has 0 atom stereocenters. The van der Waals surface area contributed by atoms with Crippen molar-refractivity contribution >= 4 is 11.9 Å². The predicted molar refractivity (Wildman–Crippen MR) is 138 cm³/mol. The minimum atomic E-state index is -0.219. The highest BCUT2D eigenvalue weighted by Crippen LogP contribution is 2.42. The summed E-state index contributed by atoms with van der Waals surface area (Å²) in [6, 6.07) is 8.14. The molecule has 0 saturated carbocycles. The van der Waals surface area contributed by atoms with Gasteiger partial charge in [0.2, 0.25) is 0 Å². The molecule has 3 heteroatoms. The number of phenols is 2. The van der Waals surface area contributed by atoms with Crippen molar-refractivity contribution in [2.45, 2.75) is 105 Å². The molecule has 0 fully saturated rings. The van der Waals surface area contributed by atoms with Crippen molar-refractivity contribution in [1.29, 1.82) is 0 Å². The van der Waals surface area contributed by atoms with Gasteiger partial charge in [0.05, 0.1) is 0 Å². The van der Waals surface area contributed by atoms with Gasteiger partial charge in [-0.1, -0.05) is 95.2 Å². The first kappa shape index (κ1) is 26.0. The van der Waals surface area contributed by atoms with Gasteiger partial charge in [0.1, 0.15) is 17.2 Å². The fourth-order valence-electron chi connectivity index (χ4n) is 3.62. The lowest BCUT2D eigenvalue weighted by atomic mass is 9.79. The molecule has 0 aliphatic carbocycles. The maximum Gasteiger partial charge on any atom is 0.144 e. The van der Waals surface area contributed by atoms with Crippen molar-refractivity contribution < 1.29 is 10.2 Å². The van der Waals surface area contributed by atoms with Gasteiger partial charge in [-0.05, 0) is 44.9 Å². The lowest BCUT2D eigenvalue weighted by molar-refractivity contribution is 0.443. The molecule has 0 heterocycles. The van der Waals surface area contributed by atoms with E-state index in [1.165, 1.54) is 0 Å². The fourth-order valence-corrected chi connectivity index (χ4v) is 3.62. The number of aliphatic imine (C=N–C) groups is 1. The molecule has 0 bridgehead atoms. The number of phenolic OH excluding ortho intramolecular Hbond substituents is 2. The molecule has 0 amide bonds. The van der Waals surface area contributed by atoms with Gasteiger partial charge in [-0.25, -0.2) is 0 Å². The predicted octanol–water partition coefficient (Wildman–Crippen LogP) is 8.04. The lowest BCUT2D eigenvalue weighted by Crippen LogP contribution is -2.17. The highest BCUT2D eigenvalue weighted by Gasteiger charge is 2.26. The molecule has 2 aromatic rings. The number of aromatic hydroxyl groups is 2. The molecule has 0 aliphatic heterocycles. The highest BCUT2D eigenvalue weighted by molar-refractivity contribution is 5.87. The summed E-state index contributed by atoms with van der Waals surface area (Å²) >= 11 is 0. The summed E-state index contributed by atoms with van der Waals surface area (Å²) < 4.78 is 0. The van der Waals surface area contributed by atoms with Crippen molar-refractivity contribution in [2.24, 2.45) is 4.99 Å². The van der Waals surface area contributed by atoms with Crippen LogP contribution in [0.15, 0.2) is 29.3 Å². The summed E-state index contributed by atoms with van der Waals surface area (Å²) in [5.74, 6) is 0.445. The first-order valence-electron chi connectivity index (χ1n) is 11.5. The van der Waals surface area contributed by atoms with Crippen LogP contribution in [0.5, 0.6) is 11.5 Å². The van der Waals surface area contributed by atoms with Crippen molar-refractivity contribution in [3.8, 4) is 11.5 Å². The second-order valence-electron chi connectivity index (χ2n) is 13.1. The number of nitrogens with zero attached hydrogens (tertiary/aromatic N) is 1. The van der Waals surface area contributed by atoms with Crippen molar-refractivity contribution in [3.63, 3.8) is 0 Å². The third-order valence-corrected chi connectivity index (χ3v) is 5.92. The number of hydrogen-bond acceptors (Lipinski definition) is 3. The van der Waals surface area contributed by atoms with E-state index in [1.807, 2.05) is 12.1 Å². The maximum atomic E-state index is 11.1. The van der Waals surface area contributed by atoms with Crippen LogP contribution in [0, 0.1) is 0 Å². The Hall–Kier alpha value is -2.29. The molecule has 176 valence electrons. The molecule has 2 aromatic carbocycles. The standard InChI is InChI=1S/C29H43NO2/c1-26(2,3)19-13-18(24(31)21(14-19)28(7,8)9)17-30-23-16-20(27(4,5)6)15-22(25(23)32)29(10,11)12/h13-17,31-32H,1-12H3. The third kappa shape index (κ3) is 5.74. The van der Waals surface area contributed by atoms with Crippen LogP contribution in [0.25, 0.3) is 0 Å². The van der Waals surface area contributed by atoms with Crippen LogP contribution in [0.1, 0.15) is 111 Å². The summed E-state index contributed by atoms with van der Waals surface area (Å²) in [6.07, 6.45) is 1.69. The van der Waals surface area contributed by atoms with E-state index in [0.29, 0.717) is 11.3 Å². The molecular formula is C29H43NO2. The monoisotopic (exact) mass is 437 g/mol. The van der Waals surface area contributed by atoms with E-state index in [9.17, 15) is 10.2 Å². The quantitative estimate of drug-likeness (QED) is 0.467. The number of benzene rings is 2. The van der Waals surface area contributed by atoms with E-state index >= 15 is 0 Å². The second kappa shape index (κ2) is 8.24. The zero-order valence-electron chi connectivity index (χ0n) is 22.2. The van der Waals surface area contributed by atoms with Crippen LogP contribution in [-0.2, 0) is 21.7 Å². The van der Waals surface area contributed by atoms with E-state index < -0.39 is 0 Å². The highest BCUT2D eigenvalue weighted by atomic mass is 16.3. The van der Waals surface area contributed by atoms with Gasteiger partial charge in [-0.3, -0.25) is 4.99 Å². The van der Waals surface area contributed by atoms with Crippen LogP contribution < -0.4 is 0 Å². The first-order valence-corrected chi connectivity index (χ1v) is 11.5. The third-order valence-electron chi connectivity index (χ3n) is 5.92. The topological polar surface area (TPSA) is 52.8 Å². The van der Waals surface area contributed by atoms with E-state index in [0.717, 1.165) is 22.3 Å². The van der Waals surface area contributed by atoms with Crippen molar-refractivity contribution in [2.75, 3.05) is 0 Å². The maximum absolute atomic E-state index is 11.1. The Morgan fingerprint density at radius 3 is 1.38 bits per heavy atom. The van der Waals surface area contributed by atoms with Gasteiger partial charge >= 0.3 is 0 Å². The zero-order chi connectivity index (χ0) is 24.9. The van der Waals surface area contributed by atoms with Crippen molar-refractivity contribution in [3.05, 3.63) is 52.1 Å². The van der Waals surface area contributed by atoms with Crippen molar-refractivity contribution in [1.82, 2.24) is 0 Å². The SMILES string of the molecule is CC(C)(C)c1cc(C=Nc2cc(C(C)(C)C)cc(C(C)(C)C)c2O)c(O)c(C(C)(C)C)c1. The summed E-state index contributed by atoms with van der Waals surface area (Å²) in [7, 11) is 0. The summed E-state index contributed by atoms with van der Waals surface area (Å²) in [5, 5.41) is 22.1. The molecule has 0 unspecified atom stereocenters. The summed E-state index contributed by atoms with van der Waals surface area (Å²) in [4.78, 5) is 4.70. The molecule has 3 nitrogen and oxygen atoms in total. The Morgan fingerprint density at radius 1 is 0.562 bits per heavy atom. The average Bonchev–Trinajstić information content (AvgIpc) is 2.57. The van der Waals surface area contributed by atoms with Crippen LogP contribution >= 0.6 is 0 Å². The van der Waals surface area contributed by atoms with Crippen LogP contribution in [0.4, 0.5) is 5.69 Å². The Bertz CT molecular complexity index is 934. The molecule has 2 rings (SSSR count). The van der Waals surface area contributed by atoms with Gasteiger partial charge < -0.3 is 10.2 Å². The van der Waals surface area contributed by atoms with Crippen LogP contribution in [0.2, 0.25) is 0 Å². The molecule has 0 radical (unpaired) electrons. The van der Waals surface area contributed by atoms with E-state index in [1.54, 1.807) is 6.21 Å². The largest absolute Gasteiger partial charge is 0.507 e. The van der Waals surface area contributed by atoms with Gasteiger partial charge in [0.15, 0.2) is 0 Å². The van der Waals surface area contributed by atoms with E-state index in [2.05, 4.69) is 95.2 Å². The Labute approximate surface area is 195 Å².